The third kappa shape index (κ3) is 4.32. The van der Waals surface area contributed by atoms with Crippen LogP contribution in [0.4, 0.5) is 5.69 Å². The number of methoxy groups -OCH3 is 1. The summed E-state index contributed by atoms with van der Waals surface area (Å²) in [6.07, 6.45) is 2.79. The van der Waals surface area contributed by atoms with Gasteiger partial charge in [0.15, 0.2) is 5.71 Å². The number of hydrogen-bond donors (Lipinski definition) is 0. The number of hydrogen-bond acceptors (Lipinski definition) is 5. The molecule has 0 spiro atoms. The number of ether oxygens (including phenoxy) is 1. The van der Waals surface area contributed by atoms with Crippen molar-refractivity contribution in [3.8, 4) is 0 Å². The van der Waals surface area contributed by atoms with E-state index in [4.69, 9.17) is 14.6 Å². The fraction of sp³-hybridized carbons (Fsp3) is 0.375. The van der Waals surface area contributed by atoms with E-state index in [9.17, 15) is 4.79 Å². The number of fused-ring (bicyclic) bond motifs is 2. The second-order valence-corrected chi connectivity index (χ2v) is 7.55. The van der Waals surface area contributed by atoms with Crippen LogP contribution in [0, 0.1) is 0 Å². The van der Waals surface area contributed by atoms with Crippen molar-refractivity contribution in [2.45, 2.75) is 39.3 Å². The molecule has 1 aliphatic heterocycles. The molecule has 0 aliphatic carbocycles. The molecule has 0 N–H and O–H groups in total. The van der Waals surface area contributed by atoms with Gasteiger partial charge >= 0.3 is 0 Å². The van der Waals surface area contributed by atoms with Gasteiger partial charge < -0.3 is 14.1 Å². The maximum absolute atomic E-state index is 13.3. The lowest BCUT2D eigenvalue weighted by molar-refractivity contribution is -0.112. The molecule has 0 saturated carbocycles. The van der Waals surface area contributed by atoms with Gasteiger partial charge in [0, 0.05) is 25.8 Å². The van der Waals surface area contributed by atoms with E-state index >= 15 is 0 Å². The predicted octanol–water partition coefficient (Wildman–Crippen LogP) is 4.14. The summed E-state index contributed by atoms with van der Waals surface area (Å²) in [5, 5.41) is 4.18. The molecule has 7 nitrogen and oxygen atoms in total. The van der Waals surface area contributed by atoms with Crippen LogP contribution in [0.1, 0.15) is 37.6 Å². The van der Waals surface area contributed by atoms with Gasteiger partial charge in [-0.05, 0) is 31.0 Å². The van der Waals surface area contributed by atoms with Crippen molar-refractivity contribution < 1.29 is 14.4 Å². The van der Waals surface area contributed by atoms with Crippen LogP contribution < -0.4 is 4.90 Å². The fourth-order valence-corrected chi connectivity index (χ4v) is 3.83. The zero-order valence-electron chi connectivity index (χ0n) is 18.1. The van der Waals surface area contributed by atoms with E-state index in [1.807, 2.05) is 42.5 Å². The van der Waals surface area contributed by atoms with Gasteiger partial charge in [-0.15, -0.1) is 0 Å². The number of imidazole rings is 1. The van der Waals surface area contributed by atoms with Crippen molar-refractivity contribution in [2.24, 2.45) is 5.16 Å². The molecule has 1 amide bonds. The van der Waals surface area contributed by atoms with E-state index in [0.717, 1.165) is 53.9 Å². The maximum Gasteiger partial charge on any atom is 0.281 e. The largest absolute Gasteiger partial charge is 0.395 e. The molecule has 31 heavy (non-hydrogen) atoms. The molecule has 1 aliphatic rings. The van der Waals surface area contributed by atoms with Crippen molar-refractivity contribution in [3.05, 3.63) is 59.9 Å². The summed E-state index contributed by atoms with van der Waals surface area (Å²) in [7, 11) is 1.70. The minimum absolute atomic E-state index is 0.159. The van der Waals surface area contributed by atoms with Crippen LogP contribution in [0.2, 0.25) is 0 Å². The van der Waals surface area contributed by atoms with Crippen LogP contribution in [0.5, 0.6) is 0 Å². The Morgan fingerprint density at radius 1 is 1.03 bits per heavy atom. The standard InChI is InChI=1S/C24H28N4O3/c1-3-4-16-31-26-23-18-10-5-7-12-20(18)28(24(23)29)17-22-25-19-11-6-8-13-21(19)27(22)14-9-15-30-2/h5-8,10-13H,3-4,9,14-17H2,1-2H3/b26-23+. The van der Waals surface area contributed by atoms with E-state index in [1.165, 1.54) is 0 Å². The third-order valence-corrected chi connectivity index (χ3v) is 5.41. The normalized spacial score (nSPS) is 14.6. The lowest BCUT2D eigenvalue weighted by Crippen LogP contribution is -2.31. The highest BCUT2D eigenvalue weighted by molar-refractivity contribution is 6.54. The van der Waals surface area contributed by atoms with Crippen LogP contribution in [-0.4, -0.2) is 41.5 Å². The topological polar surface area (TPSA) is 69.0 Å². The molecule has 4 rings (SSSR count). The molecule has 0 radical (unpaired) electrons. The zero-order valence-corrected chi connectivity index (χ0v) is 18.1. The van der Waals surface area contributed by atoms with Gasteiger partial charge in [0.1, 0.15) is 12.4 Å². The molecule has 0 unspecified atom stereocenters. The van der Waals surface area contributed by atoms with Gasteiger partial charge in [-0.3, -0.25) is 9.69 Å². The van der Waals surface area contributed by atoms with Crippen LogP contribution in [0.15, 0.2) is 53.7 Å². The summed E-state index contributed by atoms with van der Waals surface area (Å²) >= 11 is 0. The average Bonchev–Trinajstić information content (AvgIpc) is 3.27. The number of rotatable bonds is 10. The first-order valence-corrected chi connectivity index (χ1v) is 10.8. The summed E-state index contributed by atoms with van der Waals surface area (Å²) in [6, 6.07) is 15.8. The Bertz CT molecular complexity index is 1090. The number of carbonyl (C=O) groups is 1. The van der Waals surface area contributed by atoms with Gasteiger partial charge in [0.25, 0.3) is 5.91 Å². The zero-order chi connectivity index (χ0) is 21.6. The van der Waals surface area contributed by atoms with Gasteiger partial charge in [0.05, 0.1) is 23.3 Å². The number of unbranched alkanes of at least 4 members (excludes halogenated alkanes) is 1. The highest BCUT2D eigenvalue weighted by Gasteiger charge is 2.35. The molecule has 162 valence electrons. The van der Waals surface area contributed by atoms with Crippen LogP contribution >= 0.6 is 0 Å². The summed E-state index contributed by atoms with van der Waals surface area (Å²) < 4.78 is 7.41. The number of anilines is 1. The second kappa shape index (κ2) is 9.75. The molecule has 2 heterocycles. The number of para-hydroxylation sites is 3. The maximum atomic E-state index is 13.3. The Hall–Kier alpha value is -3.19. The molecule has 2 aromatic carbocycles. The summed E-state index contributed by atoms with van der Waals surface area (Å²) in [5.74, 6) is 0.682. The monoisotopic (exact) mass is 420 g/mol. The van der Waals surface area contributed by atoms with Gasteiger partial charge in [0.2, 0.25) is 0 Å². The van der Waals surface area contributed by atoms with E-state index in [-0.39, 0.29) is 5.91 Å². The molecule has 7 heteroatoms. The van der Waals surface area contributed by atoms with E-state index in [0.29, 0.717) is 25.5 Å². The Balaban J connectivity index is 1.65. The van der Waals surface area contributed by atoms with Crippen molar-refractivity contribution in [3.63, 3.8) is 0 Å². The number of aryl methyl sites for hydroxylation is 1. The first-order valence-electron chi connectivity index (χ1n) is 10.8. The lowest BCUT2D eigenvalue weighted by Gasteiger charge is -2.17. The first kappa shape index (κ1) is 21.1. The molecule has 1 aromatic heterocycles. The highest BCUT2D eigenvalue weighted by Crippen LogP contribution is 2.31. The Labute approximate surface area is 182 Å². The van der Waals surface area contributed by atoms with Crippen LogP contribution in [0.3, 0.4) is 0 Å². The van der Waals surface area contributed by atoms with Crippen LogP contribution in [0.25, 0.3) is 11.0 Å². The lowest BCUT2D eigenvalue weighted by atomic mass is 10.1. The van der Waals surface area contributed by atoms with E-state index in [2.05, 4.69) is 22.7 Å². The van der Waals surface area contributed by atoms with Crippen molar-refractivity contribution in [2.75, 3.05) is 25.2 Å². The average molecular weight is 421 g/mol. The fourth-order valence-electron chi connectivity index (χ4n) is 3.83. The second-order valence-electron chi connectivity index (χ2n) is 7.55. The quantitative estimate of drug-likeness (QED) is 0.365. The number of aromatic nitrogens is 2. The highest BCUT2D eigenvalue weighted by atomic mass is 16.6. The van der Waals surface area contributed by atoms with Gasteiger partial charge in [-0.2, -0.15) is 0 Å². The predicted molar refractivity (Wildman–Crippen MR) is 121 cm³/mol. The van der Waals surface area contributed by atoms with Crippen molar-refractivity contribution in [1.29, 1.82) is 0 Å². The smallest absolute Gasteiger partial charge is 0.281 e. The number of benzene rings is 2. The summed E-state index contributed by atoms with van der Waals surface area (Å²) in [5.41, 5.74) is 3.97. The molecular formula is C24H28N4O3. The third-order valence-electron chi connectivity index (χ3n) is 5.41. The van der Waals surface area contributed by atoms with Crippen molar-refractivity contribution >= 4 is 28.3 Å². The summed E-state index contributed by atoms with van der Waals surface area (Å²) in [6.45, 7) is 4.40. The number of carbonyl (C=O) groups excluding carboxylic acids is 1. The molecular weight excluding hydrogens is 392 g/mol. The number of amides is 1. The minimum atomic E-state index is -0.159. The molecule has 0 bridgehead atoms. The molecule has 3 aromatic rings. The molecule has 0 saturated heterocycles. The molecule has 0 fully saturated rings. The van der Waals surface area contributed by atoms with Crippen molar-refractivity contribution in [1.82, 2.24) is 9.55 Å². The number of nitrogens with zero attached hydrogens (tertiary/aromatic N) is 4. The number of oxime groups is 1. The van der Waals surface area contributed by atoms with E-state index in [1.54, 1.807) is 12.0 Å². The minimum Gasteiger partial charge on any atom is -0.395 e. The van der Waals surface area contributed by atoms with Gasteiger partial charge in [-0.1, -0.05) is 48.8 Å². The SMILES string of the molecule is CCCCO/N=C1/C(=O)N(Cc2nc3ccccc3n2CCCOC)c2ccccc21. The van der Waals surface area contributed by atoms with Crippen LogP contribution in [-0.2, 0) is 27.5 Å². The van der Waals surface area contributed by atoms with Gasteiger partial charge in [-0.25, -0.2) is 4.98 Å². The molecule has 0 atom stereocenters. The Morgan fingerprint density at radius 3 is 2.68 bits per heavy atom. The first-order chi connectivity index (χ1) is 15.2. The summed E-state index contributed by atoms with van der Waals surface area (Å²) in [4.78, 5) is 25.3. The Kier molecular flexibility index (Phi) is 6.62. The Morgan fingerprint density at radius 2 is 1.84 bits per heavy atom. The van der Waals surface area contributed by atoms with E-state index < -0.39 is 0 Å².